The molecule has 1 atom stereocenters. The molecule has 0 saturated carbocycles. The van der Waals surface area contributed by atoms with Gasteiger partial charge in [0.15, 0.2) is 0 Å². The van der Waals surface area contributed by atoms with Gasteiger partial charge >= 0.3 is 0 Å². The standard InChI is InChI=1S/C11H18N4O/c1-14-7-10(13-8-14)11(16)15(2)6-9-4-3-5-12-9/h7-9,12H,3-6H2,1-2H3. The Bertz CT molecular complexity index is 368. The highest BCUT2D eigenvalue weighted by atomic mass is 16.2. The minimum Gasteiger partial charge on any atom is -0.340 e. The van der Waals surface area contributed by atoms with Gasteiger partial charge in [-0.3, -0.25) is 4.79 Å². The number of carbonyl (C=O) groups excluding carboxylic acids is 1. The fraction of sp³-hybridized carbons (Fsp3) is 0.636. The first-order valence-electron chi connectivity index (χ1n) is 5.63. The number of nitrogens with one attached hydrogen (secondary N) is 1. The molecular weight excluding hydrogens is 204 g/mol. The third kappa shape index (κ3) is 2.41. The van der Waals surface area contributed by atoms with Crippen molar-refractivity contribution >= 4 is 5.91 Å². The molecule has 5 nitrogen and oxygen atoms in total. The molecule has 1 fully saturated rings. The van der Waals surface area contributed by atoms with Gasteiger partial charge in [-0.2, -0.15) is 0 Å². The maximum atomic E-state index is 12.0. The molecule has 88 valence electrons. The second kappa shape index (κ2) is 4.65. The van der Waals surface area contributed by atoms with Crippen molar-refractivity contribution in [2.24, 2.45) is 7.05 Å². The first-order valence-corrected chi connectivity index (χ1v) is 5.63. The van der Waals surface area contributed by atoms with Gasteiger partial charge in [0.25, 0.3) is 5.91 Å². The van der Waals surface area contributed by atoms with Gasteiger partial charge in [-0.05, 0) is 19.4 Å². The van der Waals surface area contributed by atoms with Crippen LogP contribution in [0.25, 0.3) is 0 Å². The number of hydrogen-bond acceptors (Lipinski definition) is 3. The average molecular weight is 222 g/mol. The van der Waals surface area contributed by atoms with Crippen molar-refractivity contribution in [1.29, 1.82) is 0 Å². The van der Waals surface area contributed by atoms with E-state index in [4.69, 9.17) is 0 Å². The molecule has 0 aromatic carbocycles. The summed E-state index contributed by atoms with van der Waals surface area (Å²) in [5.41, 5.74) is 0.517. The van der Waals surface area contributed by atoms with Crippen LogP contribution in [0.4, 0.5) is 0 Å². The molecule has 0 aliphatic carbocycles. The van der Waals surface area contributed by atoms with Gasteiger partial charge in [-0.25, -0.2) is 4.98 Å². The van der Waals surface area contributed by atoms with Crippen LogP contribution in [0.5, 0.6) is 0 Å². The van der Waals surface area contributed by atoms with Gasteiger partial charge in [-0.15, -0.1) is 0 Å². The van der Waals surface area contributed by atoms with Crippen molar-refractivity contribution in [3.05, 3.63) is 18.2 Å². The van der Waals surface area contributed by atoms with Gasteiger partial charge < -0.3 is 14.8 Å². The Balaban J connectivity index is 1.93. The SMILES string of the molecule is CN(CC1CCCN1)C(=O)c1cn(C)cn1. The van der Waals surface area contributed by atoms with E-state index >= 15 is 0 Å². The highest BCUT2D eigenvalue weighted by Gasteiger charge is 2.20. The van der Waals surface area contributed by atoms with Crippen LogP contribution >= 0.6 is 0 Å². The molecule has 1 amide bonds. The second-order valence-electron chi connectivity index (χ2n) is 4.40. The number of hydrogen-bond donors (Lipinski definition) is 1. The van der Waals surface area contributed by atoms with Gasteiger partial charge in [0, 0.05) is 32.9 Å². The molecule has 1 aliphatic rings. The summed E-state index contributed by atoms with van der Waals surface area (Å²) >= 11 is 0. The lowest BCUT2D eigenvalue weighted by Gasteiger charge is -2.20. The molecule has 2 heterocycles. The fourth-order valence-corrected chi connectivity index (χ4v) is 2.04. The Labute approximate surface area is 95.5 Å². The number of carbonyl (C=O) groups is 1. The maximum absolute atomic E-state index is 12.0. The molecule has 0 spiro atoms. The van der Waals surface area contributed by atoms with Crippen molar-refractivity contribution in [2.75, 3.05) is 20.1 Å². The predicted molar refractivity (Wildman–Crippen MR) is 61.2 cm³/mol. The Kier molecular flexibility index (Phi) is 3.24. The zero-order valence-corrected chi connectivity index (χ0v) is 9.81. The van der Waals surface area contributed by atoms with Crippen molar-refractivity contribution in [2.45, 2.75) is 18.9 Å². The van der Waals surface area contributed by atoms with Crippen molar-refractivity contribution in [3.63, 3.8) is 0 Å². The summed E-state index contributed by atoms with van der Waals surface area (Å²) < 4.78 is 1.79. The van der Waals surface area contributed by atoms with E-state index in [2.05, 4.69) is 10.3 Å². The summed E-state index contributed by atoms with van der Waals surface area (Å²) in [5.74, 6) is -0.00528. The van der Waals surface area contributed by atoms with E-state index in [1.165, 1.54) is 6.42 Å². The van der Waals surface area contributed by atoms with Crippen LogP contribution in [0, 0.1) is 0 Å². The van der Waals surface area contributed by atoms with Crippen LogP contribution in [0.2, 0.25) is 0 Å². The second-order valence-corrected chi connectivity index (χ2v) is 4.40. The van der Waals surface area contributed by atoms with E-state index < -0.39 is 0 Å². The number of likely N-dealkylation sites (N-methyl/N-ethyl adjacent to an activating group) is 1. The smallest absolute Gasteiger partial charge is 0.273 e. The van der Waals surface area contributed by atoms with Gasteiger partial charge in [0.1, 0.15) is 5.69 Å². The predicted octanol–water partition coefficient (Wildman–Crippen LogP) is 0.244. The van der Waals surface area contributed by atoms with Crippen LogP contribution in [-0.4, -0.2) is 46.5 Å². The first kappa shape index (κ1) is 11.1. The number of imidazole rings is 1. The first-order chi connectivity index (χ1) is 7.66. The van der Waals surface area contributed by atoms with Crippen LogP contribution in [-0.2, 0) is 7.05 Å². The Morgan fingerprint density at radius 1 is 1.75 bits per heavy atom. The molecule has 0 bridgehead atoms. The molecule has 1 aromatic rings. The van der Waals surface area contributed by atoms with Crippen LogP contribution in [0.3, 0.4) is 0 Å². The van der Waals surface area contributed by atoms with Crippen molar-refractivity contribution in [3.8, 4) is 0 Å². The van der Waals surface area contributed by atoms with Crippen LogP contribution in [0.15, 0.2) is 12.5 Å². The summed E-state index contributed by atoms with van der Waals surface area (Å²) in [6.45, 7) is 1.83. The van der Waals surface area contributed by atoms with Crippen molar-refractivity contribution < 1.29 is 4.79 Å². The number of aromatic nitrogens is 2. The third-order valence-corrected chi connectivity index (χ3v) is 2.93. The van der Waals surface area contributed by atoms with Crippen LogP contribution in [0.1, 0.15) is 23.3 Å². The van der Waals surface area contributed by atoms with E-state index in [0.717, 1.165) is 19.5 Å². The number of nitrogens with zero attached hydrogens (tertiary/aromatic N) is 3. The highest BCUT2D eigenvalue weighted by molar-refractivity contribution is 5.91. The van der Waals surface area contributed by atoms with Crippen LogP contribution < -0.4 is 5.32 Å². The largest absolute Gasteiger partial charge is 0.340 e. The van der Waals surface area contributed by atoms with Gasteiger partial charge in [0.2, 0.25) is 0 Å². The highest BCUT2D eigenvalue weighted by Crippen LogP contribution is 2.08. The summed E-state index contributed by atoms with van der Waals surface area (Å²) in [6.07, 6.45) is 5.76. The lowest BCUT2D eigenvalue weighted by molar-refractivity contribution is 0.0778. The molecule has 1 N–H and O–H groups in total. The van der Waals surface area contributed by atoms with Gasteiger partial charge in [0.05, 0.1) is 6.33 Å². The summed E-state index contributed by atoms with van der Waals surface area (Å²) in [6, 6.07) is 0.442. The normalized spacial score (nSPS) is 20.0. The number of aryl methyl sites for hydroxylation is 1. The fourth-order valence-electron chi connectivity index (χ4n) is 2.04. The minimum absolute atomic E-state index is 0.00528. The summed E-state index contributed by atoms with van der Waals surface area (Å²) in [4.78, 5) is 17.8. The topological polar surface area (TPSA) is 50.2 Å². The molecule has 1 saturated heterocycles. The molecular formula is C11H18N4O. The van der Waals surface area contributed by atoms with E-state index in [1.807, 2.05) is 14.1 Å². The Morgan fingerprint density at radius 2 is 2.56 bits per heavy atom. The maximum Gasteiger partial charge on any atom is 0.273 e. The van der Waals surface area contributed by atoms with E-state index in [1.54, 1.807) is 22.0 Å². The molecule has 5 heteroatoms. The Morgan fingerprint density at radius 3 is 3.12 bits per heavy atom. The molecule has 1 unspecified atom stereocenters. The molecule has 2 rings (SSSR count). The van der Waals surface area contributed by atoms with E-state index in [9.17, 15) is 4.79 Å². The van der Waals surface area contributed by atoms with E-state index in [-0.39, 0.29) is 5.91 Å². The van der Waals surface area contributed by atoms with Crippen molar-refractivity contribution in [1.82, 2.24) is 19.8 Å². The third-order valence-electron chi connectivity index (χ3n) is 2.93. The zero-order chi connectivity index (χ0) is 11.5. The van der Waals surface area contributed by atoms with E-state index in [0.29, 0.717) is 11.7 Å². The van der Waals surface area contributed by atoms with Gasteiger partial charge in [-0.1, -0.05) is 0 Å². The average Bonchev–Trinajstić information content (AvgIpc) is 2.88. The molecule has 1 aliphatic heterocycles. The number of amides is 1. The minimum atomic E-state index is -0.00528. The molecule has 1 aromatic heterocycles. The summed E-state index contributed by atoms with van der Waals surface area (Å²) in [5, 5.41) is 3.38. The Hall–Kier alpha value is -1.36. The lowest BCUT2D eigenvalue weighted by atomic mass is 10.2. The molecule has 16 heavy (non-hydrogen) atoms. The quantitative estimate of drug-likeness (QED) is 0.797. The summed E-state index contributed by atoms with van der Waals surface area (Å²) in [7, 11) is 3.69. The lowest BCUT2D eigenvalue weighted by Crippen LogP contribution is -2.38. The number of rotatable bonds is 3. The monoisotopic (exact) mass is 222 g/mol. The zero-order valence-electron chi connectivity index (χ0n) is 9.81. The molecule has 0 radical (unpaired) electrons.